The second-order valence-electron chi connectivity index (χ2n) is 4.90. The third-order valence-electron chi connectivity index (χ3n) is 3.34. The standard InChI is InChI=1S/C14H18N2O3/c17-13(18)8-10-4-6-12(7-5-10)16-14(19)15-9-11-2-1-3-11/h4-7,11H,1-3,8-9H2,(H,17,18)(H2,15,16,19). The van der Waals surface area contributed by atoms with E-state index in [1.54, 1.807) is 24.3 Å². The molecule has 1 aliphatic carbocycles. The number of nitrogens with one attached hydrogen (secondary N) is 2. The van der Waals surface area contributed by atoms with Gasteiger partial charge in [-0.25, -0.2) is 4.79 Å². The van der Waals surface area contributed by atoms with E-state index >= 15 is 0 Å². The van der Waals surface area contributed by atoms with Gasteiger partial charge in [-0.2, -0.15) is 0 Å². The van der Waals surface area contributed by atoms with Gasteiger partial charge in [-0.3, -0.25) is 4.79 Å². The predicted molar refractivity (Wildman–Crippen MR) is 72.1 cm³/mol. The summed E-state index contributed by atoms with van der Waals surface area (Å²) < 4.78 is 0. The molecule has 1 fully saturated rings. The summed E-state index contributed by atoms with van der Waals surface area (Å²) in [5.74, 6) is -0.234. The molecule has 1 aromatic carbocycles. The molecule has 19 heavy (non-hydrogen) atoms. The normalized spacial score (nSPS) is 14.5. The molecule has 0 aromatic heterocycles. The van der Waals surface area contributed by atoms with E-state index < -0.39 is 5.97 Å². The molecule has 1 saturated carbocycles. The van der Waals surface area contributed by atoms with E-state index in [0.29, 0.717) is 17.2 Å². The van der Waals surface area contributed by atoms with Crippen molar-refractivity contribution < 1.29 is 14.7 Å². The zero-order valence-corrected chi connectivity index (χ0v) is 10.7. The SMILES string of the molecule is O=C(O)Cc1ccc(NC(=O)NCC2CCC2)cc1. The van der Waals surface area contributed by atoms with Crippen LogP contribution >= 0.6 is 0 Å². The fourth-order valence-electron chi connectivity index (χ4n) is 1.99. The van der Waals surface area contributed by atoms with Gasteiger partial charge in [-0.05, 0) is 36.5 Å². The first kappa shape index (κ1) is 13.4. The van der Waals surface area contributed by atoms with Crippen LogP contribution in [0.4, 0.5) is 10.5 Å². The van der Waals surface area contributed by atoms with Gasteiger partial charge in [0.25, 0.3) is 0 Å². The van der Waals surface area contributed by atoms with Crippen LogP contribution in [-0.4, -0.2) is 23.7 Å². The molecule has 0 radical (unpaired) electrons. The second kappa shape index (κ2) is 6.22. The lowest BCUT2D eigenvalue weighted by Gasteiger charge is -2.25. The van der Waals surface area contributed by atoms with Gasteiger partial charge in [-0.15, -0.1) is 0 Å². The number of carbonyl (C=O) groups excluding carboxylic acids is 1. The lowest BCUT2D eigenvalue weighted by molar-refractivity contribution is -0.136. The van der Waals surface area contributed by atoms with E-state index in [2.05, 4.69) is 10.6 Å². The first-order valence-electron chi connectivity index (χ1n) is 6.49. The number of hydrogen-bond acceptors (Lipinski definition) is 2. The van der Waals surface area contributed by atoms with Crippen LogP contribution in [0.2, 0.25) is 0 Å². The van der Waals surface area contributed by atoms with Gasteiger partial charge in [0.2, 0.25) is 0 Å². The number of benzene rings is 1. The monoisotopic (exact) mass is 262 g/mol. The summed E-state index contributed by atoms with van der Waals surface area (Å²) in [6.07, 6.45) is 3.65. The Balaban J connectivity index is 1.77. The molecule has 1 aliphatic rings. The van der Waals surface area contributed by atoms with Crippen LogP contribution in [0.25, 0.3) is 0 Å². The van der Waals surface area contributed by atoms with Crippen LogP contribution < -0.4 is 10.6 Å². The number of urea groups is 1. The Hall–Kier alpha value is -2.04. The maximum atomic E-state index is 11.6. The Morgan fingerprint density at radius 1 is 1.21 bits per heavy atom. The Morgan fingerprint density at radius 2 is 1.89 bits per heavy atom. The molecule has 0 bridgehead atoms. The van der Waals surface area contributed by atoms with Crippen LogP contribution in [-0.2, 0) is 11.2 Å². The number of aliphatic carboxylic acids is 1. The van der Waals surface area contributed by atoms with E-state index in [0.717, 1.165) is 6.54 Å². The van der Waals surface area contributed by atoms with E-state index in [1.165, 1.54) is 19.3 Å². The van der Waals surface area contributed by atoms with Crippen LogP contribution in [0, 0.1) is 5.92 Å². The van der Waals surface area contributed by atoms with E-state index in [4.69, 9.17) is 5.11 Å². The van der Waals surface area contributed by atoms with Crippen molar-refractivity contribution in [1.29, 1.82) is 0 Å². The van der Waals surface area contributed by atoms with Gasteiger partial charge in [0.15, 0.2) is 0 Å². The topological polar surface area (TPSA) is 78.4 Å². The number of carboxylic acid groups (broad SMARTS) is 1. The predicted octanol–water partition coefficient (Wildman–Crippen LogP) is 2.24. The fraction of sp³-hybridized carbons (Fsp3) is 0.429. The molecule has 0 spiro atoms. The molecule has 0 unspecified atom stereocenters. The van der Waals surface area contributed by atoms with Crippen molar-refractivity contribution in [2.45, 2.75) is 25.7 Å². The minimum Gasteiger partial charge on any atom is -0.481 e. The Labute approximate surface area is 112 Å². The smallest absolute Gasteiger partial charge is 0.319 e. The lowest BCUT2D eigenvalue weighted by atomic mass is 9.85. The van der Waals surface area contributed by atoms with Gasteiger partial charge >= 0.3 is 12.0 Å². The van der Waals surface area contributed by atoms with Crippen LogP contribution in [0.3, 0.4) is 0 Å². The molecule has 2 amide bonds. The second-order valence-corrected chi connectivity index (χ2v) is 4.90. The summed E-state index contributed by atoms with van der Waals surface area (Å²) in [7, 11) is 0. The van der Waals surface area contributed by atoms with Crippen molar-refractivity contribution in [2.24, 2.45) is 5.92 Å². The zero-order valence-electron chi connectivity index (χ0n) is 10.7. The Morgan fingerprint density at radius 3 is 2.42 bits per heavy atom. The van der Waals surface area contributed by atoms with Crippen molar-refractivity contribution in [1.82, 2.24) is 5.32 Å². The van der Waals surface area contributed by atoms with Crippen LogP contribution in [0.15, 0.2) is 24.3 Å². The Bertz CT molecular complexity index is 452. The summed E-state index contributed by atoms with van der Waals surface area (Å²) in [5, 5.41) is 14.2. The number of amides is 2. The highest BCUT2D eigenvalue weighted by molar-refractivity contribution is 5.89. The Kier molecular flexibility index (Phi) is 4.39. The number of carboxylic acids is 1. The maximum Gasteiger partial charge on any atom is 0.319 e. The van der Waals surface area contributed by atoms with Crippen LogP contribution in [0.1, 0.15) is 24.8 Å². The van der Waals surface area contributed by atoms with Crippen molar-refractivity contribution in [3.05, 3.63) is 29.8 Å². The fourth-order valence-corrected chi connectivity index (χ4v) is 1.99. The molecular weight excluding hydrogens is 244 g/mol. The van der Waals surface area contributed by atoms with Gasteiger partial charge in [0.1, 0.15) is 0 Å². The average molecular weight is 262 g/mol. The van der Waals surface area contributed by atoms with E-state index in [-0.39, 0.29) is 12.5 Å². The number of hydrogen-bond donors (Lipinski definition) is 3. The molecule has 102 valence electrons. The molecular formula is C14H18N2O3. The van der Waals surface area contributed by atoms with Crippen molar-refractivity contribution in [3.63, 3.8) is 0 Å². The minimum atomic E-state index is -0.862. The number of carbonyl (C=O) groups is 2. The summed E-state index contributed by atoms with van der Waals surface area (Å²) in [4.78, 5) is 22.1. The van der Waals surface area contributed by atoms with Gasteiger partial charge < -0.3 is 15.7 Å². The largest absolute Gasteiger partial charge is 0.481 e. The van der Waals surface area contributed by atoms with Crippen molar-refractivity contribution in [3.8, 4) is 0 Å². The molecule has 0 aliphatic heterocycles. The van der Waals surface area contributed by atoms with Gasteiger partial charge in [0, 0.05) is 12.2 Å². The summed E-state index contributed by atoms with van der Waals surface area (Å²) in [5.41, 5.74) is 1.38. The molecule has 0 atom stereocenters. The third-order valence-corrected chi connectivity index (χ3v) is 3.34. The number of anilines is 1. The minimum absolute atomic E-state index is 0.00580. The highest BCUT2D eigenvalue weighted by atomic mass is 16.4. The quantitative estimate of drug-likeness (QED) is 0.761. The zero-order chi connectivity index (χ0) is 13.7. The summed E-state index contributed by atoms with van der Waals surface area (Å²) in [6, 6.07) is 6.62. The number of rotatable bonds is 5. The van der Waals surface area contributed by atoms with E-state index in [1.807, 2.05) is 0 Å². The third kappa shape index (κ3) is 4.28. The molecule has 1 aromatic rings. The molecule has 0 saturated heterocycles. The first-order valence-corrected chi connectivity index (χ1v) is 6.49. The lowest BCUT2D eigenvalue weighted by Crippen LogP contribution is -2.35. The maximum absolute atomic E-state index is 11.6. The average Bonchev–Trinajstić information content (AvgIpc) is 2.29. The highest BCUT2D eigenvalue weighted by Crippen LogP contribution is 2.25. The van der Waals surface area contributed by atoms with Gasteiger partial charge in [0.05, 0.1) is 6.42 Å². The first-order chi connectivity index (χ1) is 9.13. The summed E-state index contributed by atoms with van der Waals surface area (Å²) >= 11 is 0. The molecule has 5 heteroatoms. The molecule has 2 rings (SSSR count). The van der Waals surface area contributed by atoms with Crippen LogP contribution in [0.5, 0.6) is 0 Å². The molecule has 5 nitrogen and oxygen atoms in total. The summed E-state index contributed by atoms with van der Waals surface area (Å²) in [6.45, 7) is 0.725. The van der Waals surface area contributed by atoms with E-state index in [9.17, 15) is 9.59 Å². The molecule has 0 heterocycles. The van der Waals surface area contributed by atoms with Gasteiger partial charge in [-0.1, -0.05) is 18.6 Å². The van der Waals surface area contributed by atoms with Crippen molar-refractivity contribution in [2.75, 3.05) is 11.9 Å². The molecule has 3 N–H and O–H groups in total. The van der Waals surface area contributed by atoms with Crippen molar-refractivity contribution >= 4 is 17.7 Å². The highest BCUT2D eigenvalue weighted by Gasteiger charge is 2.17.